The summed E-state index contributed by atoms with van der Waals surface area (Å²) in [5, 5.41) is 11.4. The van der Waals surface area contributed by atoms with E-state index in [0.29, 0.717) is 30.3 Å². The predicted octanol–water partition coefficient (Wildman–Crippen LogP) is 1.94. The van der Waals surface area contributed by atoms with Crippen LogP contribution in [0.25, 0.3) is 0 Å². The van der Waals surface area contributed by atoms with Crippen LogP contribution in [0, 0.1) is 0 Å². The maximum atomic E-state index is 11.9. The van der Waals surface area contributed by atoms with Crippen molar-refractivity contribution in [1.29, 1.82) is 0 Å². The van der Waals surface area contributed by atoms with Gasteiger partial charge in [-0.3, -0.25) is 9.00 Å². The summed E-state index contributed by atoms with van der Waals surface area (Å²) >= 11 is 0. The number of aromatic nitrogens is 1. The Labute approximate surface area is 147 Å². The highest BCUT2D eigenvalue weighted by Crippen LogP contribution is 2.12. The highest BCUT2D eigenvalue weighted by molar-refractivity contribution is 7.85. The number of aromatic carboxylic acids is 1. The van der Waals surface area contributed by atoms with E-state index in [2.05, 4.69) is 10.3 Å². The molecule has 0 fully saturated rings. The number of ether oxygens (including phenoxy) is 1. The van der Waals surface area contributed by atoms with E-state index in [1.165, 1.54) is 12.1 Å². The van der Waals surface area contributed by atoms with Gasteiger partial charge in [-0.2, -0.15) is 0 Å². The van der Waals surface area contributed by atoms with Crippen LogP contribution in [0.15, 0.2) is 48.7 Å². The van der Waals surface area contributed by atoms with Crippen molar-refractivity contribution < 1.29 is 23.6 Å². The maximum absolute atomic E-state index is 11.9. The van der Waals surface area contributed by atoms with Crippen LogP contribution in [0.4, 0.5) is 5.82 Å². The summed E-state index contributed by atoms with van der Waals surface area (Å²) in [6.45, 7) is 0.333. The van der Waals surface area contributed by atoms with Gasteiger partial charge in [-0.05, 0) is 42.8 Å². The lowest BCUT2D eigenvalue weighted by Gasteiger charge is -2.07. The average Bonchev–Trinajstić information content (AvgIpc) is 2.60. The number of pyridine rings is 1. The van der Waals surface area contributed by atoms with Crippen LogP contribution in [0.2, 0.25) is 0 Å². The molecule has 2 N–H and O–H groups in total. The molecule has 1 heterocycles. The summed E-state index contributed by atoms with van der Waals surface area (Å²) < 4.78 is 17.3. The third-order valence-corrected chi connectivity index (χ3v) is 4.44. The number of anilines is 1. The van der Waals surface area contributed by atoms with Gasteiger partial charge in [0.15, 0.2) is 0 Å². The van der Waals surface area contributed by atoms with E-state index in [1.807, 2.05) is 0 Å². The zero-order valence-electron chi connectivity index (χ0n) is 13.4. The molecule has 0 aliphatic heterocycles. The lowest BCUT2D eigenvalue weighted by molar-refractivity contribution is -0.113. The molecule has 2 aromatic rings. The normalized spacial score (nSPS) is 11.5. The van der Waals surface area contributed by atoms with Crippen molar-refractivity contribution in [2.75, 3.05) is 23.4 Å². The highest BCUT2D eigenvalue weighted by Gasteiger charge is 2.09. The van der Waals surface area contributed by atoms with Crippen molar-refractivity contribution >= 4 is 28.5 Å². The minimum Gasteiger partial charge on any atom is -0.494 e. The van der Waals surface area contributed by atoms with Crippen LogP contribution in [0.3, 0.4) is 0 Å². The molecular weight excluding hydrogens is 344 g/mol. The van der Waals surface area contributed by atoms with Gasteiger partial charge in [-0.15, -0.1) is 0 Å². The summed E-state index contributed by atoms with van der Waals surface area (Å²) in [7, 11) is -1.29. The monoisotopic (exact) mass is 362 g/mol. The molecule has 0 saturated heterocycles. The second-order valence-corrected chi connectivity index (χ2v) is 6.66. The maximum Gasteiger partial charge on any atom is 0.335 e. The van der Waals surface area contributed by atoms with Crippen molar-refractivity contribution in [3.8, 4) is 5.75 Å². The van der Waals surface area contributed by atoms with E-state index in [1.54, 1.807) is 36.5 Å². The van der Waals surface area contributed by atoms with Crippen LogP contribution in [-0.2, 0) is 15.6 Å². The average molecular weight is 362 g/mol. The largest absolute Gasteiger partial charge is 0.494 e. The molecule has 2 rings (SSSR count). The molecule has 0 saturated carbocycles. The van der Waals surface area contributed by atoms with Gasteiger partial charge in [0.25, 0.3) is 0 Å². The molecule has 0 aliphatic rings. The van der Waals surface area contributed by atoms with E-state index < -0.39 is 16.8 Å². The van der Waals surface area contributed by atoms with Crippen molar-refractivity contribution in [3.05, 3.63) is 54.2 Å². The molecule has 7 nitrogen and oxygen atoms in total. The Balaban J connectivity index is 1.65. The van der Waals surface area contributed by atoms with Gasteiger partial charge in [0.05, 0.1) is 12.2 Å². The summed E-state index contributed by atoms with van der Waals surface area (Å²) in [6, 6.07) is 11.2. The second kappa shape index (κ2) is 9.53. The minimum atomic E-state index is -1.29. The Hall–Kier alpha value is -2.74. The van der Waals surface area contributed by atoms with Crippen LogP contribution in [0.1, 0.15) is 16.8 Å². The summed E-state index contributed by atoms with van der Waals surface area (Å²) in [4.78, 5) is 26.4. The van der Waals surface area contributed by atoms with Crippen molar-refractivity contribution in [2.24, 2.45) is 0 Å². The predicted molar refractivity (Wildman–Crippen MR) is 94.3 cm³/mol. The fraction of sp³-hybridized carbons (Fsp3) is 0.235. The van der Waals surface area contributed by atoms with Crippen LogP contribution < -0.4 is 10.1 Å². The first-order chi connectivity index (χ1) is 12.0. The highest BCUT2D eigenvalue weighted by atomic mass is 32.2. The first kappa shape index (κ1) is 18.6. The first-order valence-corrected chi connectivity index (χ1v) is 9.05. The number of hydrogen-bond acceptors (Lipinski definition) is 5. The van der Waals surface area contributed by atoms with E-state index in [0.717, 1.165) is 0 Å². The molecule has 132 valence electrons. The summed E-state index contributed by atoms with van der Waals surface area (Å²) in [5.74, 6) is -0.123. The third kappa shape index (κ3) is 6.72. The molecule has 1 aromatic carbocycles. The lowest BCUT2D eigenvalue weighted by Crippen LogP contribution is -2.21. The number of carboxylic acids is 1. The molecule has 8 heteroatoms. The fourth-order valence-electron chi connectivity index (χ4n) is 1.94. The zero-order chi connectivity index (χ0) is 18.1. The zero-order valence-corrected chi connectivity index (χ0v) is 14.2. The number of carboxylic acid groups (broad SMARTS) is 1. The van der Waals surface area contributed by atoms with E-state index in [9.17, 15) is 13.8 Å². The number of carbonyl (C=O) groups excluding carboxylic acids is 1. The number of nitrogens with zero attached hydrogens (tertiary/aromatic N) is 1. The molecule has 0 aliphatic carbocycles. The van der Waals surface area contributed by atoms with E-state index in [-0.39, 0.29) is 17.2 Å². The van der Waals surface area contributed by atoms with Gasteiger partial charge in [0, 0.05) is 22.7 Å². The molecule has 0 radical (unpaired) electrons. The number of carbonyl (C=O) groups is 2. The smallest absolute Gasteiger partial charge is 0.335 e. The minimum absolute atomic E-state index is 0.0934. The molecule has 25 heavy (non-hydrogen) atoms. The van der Waals surface area contributed by atoms with Gasteiger partial charge in [0.2, 0.25) is 5.91 Å². The van der Waals surface area contributed by atoms with Crippen LogP contribution in [-0.4, -0.2) is 44.3 Å². The molecule has 1 unspecified atom stereocenters. The molecule has 1 atom stereocenters. The Morgan fingerprint density at radius 1 is 1.16 bits per heavy atom. The second-order valence-electron chi connectivity index (χ2n) is 5.08. The molecule has 1 aromatic heterocycles. The summed E-state index contributed by atoms with van der Waals surface area (Å²) in [5.41, 5.74) is 0.187. The number of benzene rings is 1. The molecular formula is C17H18N2O5S. The SMILES string of the molecule is O=C(CS(=O)CCCOc1ccc(C(=O)O)cc1)Nc1ccccn1. The van der Waals surface area contributed by atoms with E-state index >= 15 is 0 Å². The van der Waals surface area contributed by atoms with Crippen molar-refractivity contribution in [3.63, 3.8) is 0 Å². The molecule has 1 amide bonds. The van der Waals surface area contributed by atoms with Gasteiger partial charge in [0.1, 0.15) is 17.3 Å². The Kier molecular flexibility index (Phi) is 7.09. The van der Waals surface area contributed by atoms with Crippen molar-refractivity contribution in [2.45, 2.75) is 6.42 Å². The Bertz CT molecular complexity index is 734. The number of amides is 1. The van der Waals surface area contributed by atoms with Gasteiger partial charge < -0.3 is 15.2 Å². The van der Waals surface area contributed by atoms with Crippen molar-refractivity contribution in [1.82, 2.24) is 4.98 Å². The van der Waals surface area contributed by atoms with Crippen LogP contribution in [0.5, 0.6) is 5.75 Å². The molecule has 0 spiro atoms. The van der Waals surface area contributed by atoms with Crippen LogP contribution >= 0.6 is 0 Å². The number of rotatable bonds is 9. The first-order valence-electron chi connectivity index (χ1n) is 7.56. The lowest BCUT2D eigenvalue weighted by atomic mass is 10.2. The Morgan fingerprint density at radius 3 is 2.56 bits per heavy atom. The topological polar surface area (TPSA) is 106 Å². The third-order valence-electron chi connectivity index (χ3n) is 3.11. The summed E-state index contributed by atoms with van der Waals surface area (Å²) in [6.07, 6.45) is 2.08. The number of hydrogen-bond donors (Lipinski definition) is 2. The van der Waals surface area contributed by atoms with Gasteiger partial charge in [-0.1, -0.05) is 6.07 Å². The fourth-order valence-corrected chi connectivity index (χ4v) is 2.89. The molecule has 0 bridgehead atoms. The van der Waals surface area contributed by atoms with Gasteiger partial charge >= 0.3 is 5.97 Å². The standard InChI is InChI=1S/C17H18N2O5S/c20-16(19-15-4-1-2-9-18-15)12-25(23)11-3-10-24-14-7-5-13(6-8-14)17(21)22/h1-2,4-9H,3,10-12H2,(H,21,22)(H,18,19,20). The quantitative estimate of drug-likeness (QED) is 0.661. The van der Waals surface area contributed by atoms with Gasteiger partial charge in [-0.25, -0.2) is 9.78 Å². The Morgan fingerprint density at radius 2 is 1.92 bits per heavy atom. The number of nitrogens with one attached hydrogen (secondary N) is 1. The van der Waals surface area contributed by atoms with E-state index in [4.69, 9.17) is 9.84 Å².